The number of fused-ring (bicyclic) bond motifs is 1. The first-order chi connectivity index (χ1) is 17.8. The molecule has 2 aromatic heterocycles. The van der Waals surface area contributed by atoms with Gasteiger partial charge < -0.3 is 19.5 Å². The normalized spacial score (nSPS) is 17.2. The zero-order chi connectivity index (χ0) is 25.7. The van der Waals surface area contributed by atoms with E-state index < -0.39 is 5.54 Å². The zero-order valence-electron chi connectivity index (χ0n) is 22.0. The van der Waals surface area contributed by atoms with Crippen LogP contribution in [0.25, 0.3) is 22.2 Å². The third kappa shape index (κ3) is 4.48. The van der Waals surface area contributed by atoms with Crippen LogP contribution in [0, 0.1) is 20.8 Å². The van der Waals surface area contributed by atoms with Crippen LogP contribution in [0.1, 0.15) is 45.9 Å². The number of nitrogens with one attached hydrogen (secondary N) is 1. The Morgan fingerprint density at radius 1 is 1.00 bits per heavy atom. The number of hydrogen-bond acceptors (Lipinski definition) is 6. The molecule has 7 heteroatoms. The minimum atomic E-state index is -0.423. The summed E-state index contributed by atoms with van der Waals surface area (Å²) in [6.07, 6.45) is 3.52. The molecule has 1 saturated heterocycles. The van der Waals surface area contributed by atoms with Crippen LogP contribution in [-0.2, 0) is 5.54 Å². The summed E-state index contributed by atoms with van der Waals surface area (Å²) < 4.78 is 5.85. The van der Waals surface area contributed by atoms with E-state index in [1.807, 2.05) is 32.9 Å². The van der Waals surface area contributed by atoms with Crippen LogP contribution >= 0.6 is 0 Å². The molecule has 1 amide bonds. The molecule has 6 rings (SSSR count). The van der Waals surface area contributed by atoms with Crippen molar-refractivity contribution in [1.29, 1.82) is 0 Å². The van der Waals surface area contributed by atoms with Gasteiger partial charge in [0.2, 0.25) is 0 Å². The van der Waals surface area contributed by atoms with E-state index in [0.717, 1.165) is 83.6 Å². The van der Waals surface area contributed by atoms with E-state index >= 15 is 0 Å². The topological polar surface area (TPSA) is 74.5 Å². The van der Waals surface area contributed by atoms with Gasteiger partial charge in [0.1, 0.15) is 0 Å². The molecular formula is C30H33N5O2. The summed E-state index contributed by atoms with van der Waals surface area (Å²) in [5.41, 5.74) is 6.28. The fraction of sp³-hybridized carbons (Fsp3) is 0.367. The smallest absolute Gasteiger partial charge is 0.252 e. The number of likely N-dealkylation sites (N-methyl/N-ethyl adjacent to an activating group) is 1. The highest BCUT2D eigenvalue weighted by atomic mass is 16.4. The Hall–Kier alpha value is -3.71. The summed E-state index contributed by atoms with van der Waals surface area (Å²) in [5, 5.41) is 4.49. The maximum atomic E-state index is 13.7. The molecule has 4 aromatic rings. The first-order valence-corrected chi connectivity index (χ1v) is 13.0. The van der Waals surface area contributed by atoms with Gasteiger partial charge in [0.15, 0.2) is 11.7 Å². The van der Waals surface area contributed by atoms with E-state index in [2.05, 4.69) is 57.5 Å². The number of nitrogens with zero attached hydrogens (tertiary/aromatic N) is 4. The maximum Gasteiger partial charge on any atom is 0.252 e. The maximum absolute atomic E-state index is 13.7. The molecular weight excluding hydrogens is 462 g/mol. The van der Waals surface area contributed by atoms with E-state index in [0.29, 0.717) is 11.7 Å². The minimum absolute atomic E-state index is 0.0277. The van der Waals surface area contributed by atoms with Crippen LogP contribution in [0.15, 0.2) is 53.1 Å². The Morgan fingerprint density at radius 3 is 2.49 bits per heavy atom. The Balaban J connectivity index is 1.35. The van der Waals surface area contributed by atoms with Gasteiger partial charge in [-0.25, -0.2) is 4.98 Å². The van der Waals surface area contributed by atoms with Crippen molar-refractivity contribution in [1.82, 2.24) is 20.2 Å². The van der Waals surface area contributed by atoms with Crippen LogP contribution in [0.2, 0.25) is 0 Å². The predicted molar refractivity (Wildman–Crippen MR) is 146 cm³/mol. The molecule has 190 valence electrons. The summed E-state index contributed by atoms with van der Waals surface area (Å²) in [4.78, 5) is 27.5. The van der Waals surface area contributed by atoms with Gasteiger partial charge in [-0.2, -0.15) is 0 Å². The average Bonchev–Trinajstić information content (AvgIpc) is 3.53. The second-order valence-electron chi connectivity index (χ2n) is 10.6. The first kappa shape index (κ1) is 23.7. The number of piperazine rings is 1. The summed E-state index contributed by atoms with van der Waals surface area (Å²) >= 11 is 0. The molecule has 2 aromatic carbocycles. The molecule has 2 aliphatic rings. The third-order valence-corrected chi connectivity index (χ3v) is 7.80. The highest BCUT2D eigenvalue weighted by Crippen LogP contribution is 2.49. The van der Waals surface area contributed by atoms with Crippen molar-refractivity contribution < 1.29 is 9.21 Å². The van der Waals surface area contributed by atoms with Crippen LogP contribution in [-0.4, -0.2) is 54.0 Å². The molecule has 0 spiro atoms. The Bertz CT molecular complexity index is 1500. The predicted octanol–water partition coefficient (Wildman–Crippen LogP) is 4.99. The summed E-state index contributed by atoms with van der Waals surface area (Å²) in [6.45, 7) is 9.84. The van der Waals surface area contributed by atoms with Crippen LogP contribution in [0.5, 0.6) is 0 Å². The van der Waals surface area contributed by atoms with Crippen LogP contribution in [0.4, 0.5) is 5.69 Å². The van der Waals surface area contributed by atoms with Crippen molar-refractivity contribution in [2.75, 3.05) is 38.1 Å². The molecule has 0 radical (unpaired) electrons. The molecule has 7 nitrogen and oxygen atoms in total. The lowest BCUT2D eigenvalue weighted by molar-refractivity contribution is 0.0930. The molecule has 3 heterocycles. The van der Waals surface area contributed by atoms with Gasteiger partial charge in [0, 0.05) is 61.0 Å². The molecule has 0 atom stereocenters. The molecule has 0 bridgehead atoms. The van der Waals surface area contributed by atoms with Gasteiger partial charge in [0.25, 0.3) is 5.91 Å². The minimum Gasteiger partial charge on any atom is -0.441 e. The van der Waals surface area contributed by atoms with Gasteiger partial charge in [-0.3, -0.25) is 9.78 Å². The van der Waals surface area contributed by atoms with Crippen molar-refractivity contribution in [3.63, 3.8) is 0 Å². The number of oxazole rings is 1. The molecule has 2 fully saturated rings. The fourth-order valence-electron chi connectivity index (χ4n) is 5.36. The van der Waals surface area contributed by atoms with E-state index in [-0.39, 0.29) is 5.91 Å². The molecule has 1 aliphatic carbocycles. The fourth-order valence-corrected chi connectivity index (χ4v) is 5.36. The summed E-state index contributed by atoms with van der Waals surface area (Å²) in [5.74, 6) is 1.31. The third-order valence-electron chi connectivity index (χ3n) is 7.80. The van der Waals surface area contributed by atoms with Gasteiger partial charge in [-0.05, 0) is 75.2 Å². The van der Waals surface area contributed by atoms with Crippen molar-refractivity contribution in [2.24, 2.45) is 0 Å². The quantitative estimate of drug-likeness (QED) is 0.421. The standard InChI is InChI=1S/C30H33N5O2/c1-19-5-7-23(35-13-11-34(4)12-14-35)17-25(19)29(36)33-30(9-10-30)26-15-22(28-18-31-21(3)37-28)16-27-24(26)8-6-20(2)32-27/h5-8,15-18H,9-14H2,1-4H3,(H,33,36). The van der Waals surface area contributed by atoms with E-state index in [1.54, 1.807) is 6.20 Å². The molecule has 37 heavy (non-hydrogen) atoms. The molecule has 0 unspecified atom stereocenters. The van der Waals surface area contributed by atoms with Gasteiger partial charge in [-0.1, -0.05) is 12.1 Å². The Morgan fingerprint density at radius 2 is 1.78 bits per heavy atom. The van der Waals surface area contributed by atoms with Gasteiger partial charge in [-0.15, -0.1) is 0 Å². The van der Waals surface area contributed by atoms with Crippen molar-refractivity contribution in [3.8, 4) is 11.3 Å². The number of amides is 1. The van der Waals surface area contributed by atoms with Crippen LogP contribution < -0.4 is 10.2 Å². The molecule has 1 N–H and O–H groups in total. The monoisotopic (exact) mass is 495 g/mol. The highest BCUT2D eigenvalue weighted by molar-refractivity contribution is 5.98. The van der Waals surface area contributed by atoms with E-state index in [4.69, 9.17) is 9.40 Å². The van der Waals surface area contributed by atoms with Crippen LogP contribution in [0.3, 0.4) is 0 Å². The van der Waals surface area contributed by atoms with Gasteiger partial charge in [0.05, 0.1) is 17.3 Å². The molecule has 1 aliphatic heterocycles. The average molecular weight is 496 g/mol. The number of carbonyl (C=O) groups is 1. The van der Waals surface area contributed by atoms with E-state index in [9.17, 15) is 4.79 Å². The SMILES string of the molecule is Cc1ccc2c(C3(NC(=O)c4cc(N5CCN(C)CC5)ccc4C)CC3)cc(-c3cnc(C)o3)cc2n1. The number of anilines is 1. The number of carbonyl (C=O) groups excluding carboxylic acids is 1. The largest absolute Gasteiger partial charge is 0.441 e. The van der Waals surface area contributed by atoms with Crippen molar-refractivity contribution in [3.05, 3.63) is 76.9 Å². The number of rotatable bonds is 5. The highest BCUT2D eigenvalue weighted by Gasteiger charge is 2.47. The second-order valence-corrected chi connectivity index (χ2v) is 10.6. The number of benzene rings is 2. The lowest BCUT2D eigenvalue weighted by Gasteiger charge is -2.34. The van der Waals surface area contributed by atoms with E-state index in [1.165, 1.54) is 0 Å². The number of aromatic nitrogens is 2. The van der Waals surface area contributed by atoms with Gasteiger partial charge >= 0.3 is 0 Å². The number of pyridine rings is 1. The lowest BCUT2D eigenvalue weighted by Crippen LogP contribution is -2.44. The number of aryl methyl sites for hydroxylation is 3. The zero-order valence-corrected chi connectivity index (χ0v) is 22.0. The Kier molecular flexibility index (Phi) is 5.75. The first-order valence-electron chi connectivity index (χ1n) is 13.0. The van der Waals surface area contributed by atoms with Crippen molar-refractivity contribution >= 4 is 22.5 Å². The second kappa shape index (κ2) is 8.99. The lowest BCUT2D eigenvalue weighted by atomic mass is 9.95. The number of hydrogen-bond donors (Lipinski definition) is 1. The van der Waals surface area contributed by atoms with Crippen molar-refractivity contribution in [2.45, 2.75) is 39.2 Å². The summed E-state index contributed by atoms with van der Waals surface area (Å²) in [7, 11) is 2.15. The molecule has 1 saturated carbocycles. The Labute approximate surface area is 217 Å². The summed E-state index contributed by atoms with van der Waals surface area (Å²) in [6, 6.07) is 14.6.